The van der Waals surface area contributed by atoms with Crippen LogP contribution in [0, 0.1) is 11.8 Å². The molecule has 4 heterocycles. The minimum Gasteiger partial charge on any atom is -0.376 e. The largest absolute Gasteiger partial charge is 0.376 e. The molecule has 1 spiro atoms. The molecule has 5 heteroatoms. The number of carbonyl (C=O) groups is 1. The van der Waals surface area contributed by atoms with Gasteiger partial charge in [-0.2, -0.15) is 5.06 Å². The molecule has 4 bridgehead atoms. The molecular formula is C20H24N2O3. The van der Waals surface area contributed by atoms with E-state index in [9.17, 15) is 4.79 Å². The van der Waals surface area contributed by atoms with E-state index in [-0.39, 0.29) is 12.0 Å². The molecule has 1 aliphatic carbocycles. The van der Waals surface area contributed by atoms with Crippen LogP contribution in [0.4, 0.5) is 5.69 Å². The Hall–Kier alpha value is -1.85. The summed E-state index contributed by atoms with van der Waals surface area (Å²) in [4.78, 5) is 21.4. The van der Waals surface area contributed by atoms with Gasteiger partial charge in [0.25, 0.3) is 5.91 Å². The SMILES string of the molecule is C/C=C1/[C@@H]2C[C@H]3OC[C@@H]2[C@H](C[C@@]32C(=O)N(OC)c3ccccc32)N1C. The number of rotatable bonds is 1. The summed E-state index contributed by atoms with van der Waals surface area (Å²) in [5.74, 6) is 1.00. The van der Waals surface area contributed by atoms with Gasteiger partial charge in [0.05, 0.1) is 25.5 Å². The van der Waals surface area contributed by atoms with Crippen molar-refractivity contribution in [3.63, 3.8) is 0 Å². The molecule has 1 aromatic rings. The molecule has 1 aromatic carbocycles. The molecule has 5 aliphatic rings. The third-order valence-corrected chi connectivity index (χ3v) is 6.98. The zero-order chi connectivity index (χ0) is 17.3. The lowest BCUT2D eigenvalue weighted by molar-refractivity contribution is -0.137. The number of benzene rings is 1. The minimum absolute atomic E-state index is 0.0322. The summed E-state index contributed by atoms with van der Waals surface area (Å²) in [6.45, 7) is 2.86. The van der Waals surface area contributed by atoms with E-state index in [1.807, 2.05) is 18.2 Å². The highest BCUT2D eigenvalue weighted by Gasteiger charge is 2.65. The third-order valence-electron chi connectivity index (χ3n) is 6.98. The van der Waals surface area contributed by atoms with Gasteiger partial charge in [-0.3, -0.25) is 9.63 Å². The van der Waals surface area contributed by atoms with Crippen LogP contribution in [0.15, 0.2) is 36.0 Å². The lowest BCUT2D eigenvalue weighted by atomic mass is 9.71. The Balaban J connectivity index is 1.70. The van der Waals surface area contributed by atoms with Crippen LogP contribution >= 0.6 is 0 Å². The van der Waals surface area contributed by atoms with Crippen molar-refractivity contribution in [2.24, 2.45) is 11.8 Å². The van der Waals surface area contributed by atoms with Gasteiger partial charge in [0, 0.05) is 30.6 Å². The first-order chi connectivity index (χ1) is 12.1. The number of hydroxylamine groups is 1. The van der Waals surface area contributed by atoms with Crippen molar-refractivity contribution in [3.8, 4) is 0 Å². The normalized spacial score (nSPS) is 40.3. The van der Waals surface area contributed by atoms with Crippen LogP contribution in [0.5, 0.6) is 0 Å². The first kappa shape index (κ1) is 15.4. The second kappa shape index (κ2) is 5.08. The molecule has 4 aliphatic heterocycles. The van der Waals surface area contributed by atoms with Gasteiger partial charge in [-0.1, -0.05) is 24.3 Å². The number of nitrogens with zero attached hydrogens (tertiary/aromatic N) is 2. The fourth-order valence-electron chi connectivity index (χ4n) is 5.91. The standard InChI is InChI=1S/C20H24N2O3/c1-4-15-12-9-18-20(10-17(21(15)2)13(12)11-25-18)14-7-5-6-8-16(14)22(24-3)19(20)23/h4-8,12-13,17-18H,9-11H2,1-3H3/b15-4-/t12-,13+,17+,18-,20+/m1/s1. The van der Waals surface area contributed by atoms with E-state index in [2.05, 4.69) is 31.0 Å². The summed E-state index contributed by atoms with van der Waals surface area (Å²) in [6.07, 6.45) is 3.85. The van der Waals surface area contributed by atoms with E-state index >= 15 is 0 Å². The Kier molecular flexibility index (Phi) is 3.13. The molecular weight excluding hydrogens is 316 g/mol. The van der Waals surface area contributed by atoms with E-state index in [1.165, 1.54) is 10.8 Å². The highest BCUT2D eigenvalue weighted by Crippen LogP contribution is 2.58. The van der Waals surface area contributed by atoms with Crippen molar-refractivity contribution in [1.82, 2.24) is 4.90 Å². The summed E-state index contributed by atoms with van der Waals surface area (Å²) in [5, 5.41) is 1.47. The first-order valence-electron chi connectivity index (χ1n) is 9.12. The van der Waals surface area contributed by atoms with E-state index in [1.54, 1.807) is 7.11 Å². The summed E-state index contributed by atoms with van der Waals surface area (Å²) in [7, 11) is 3.74. The second-order valence-electron chi connectivity index (χ2n) is 7.69. The van der Waals surface area contributed by atoms with Gasteiger partial charge in [-0.25, -0.2) is 0 Å². The number of anilines is 1. The summed E-state index contributed by atoms with van der Waals surface area (Å²) in [6, 6.07) is 8.37. The van der Waals surface area contributed by atoms with Gasteiger partial charge in [-0.15, -0.1) is 0 Å². The molecule has 0 N–H and O–H groups in total. The topological polar surface area (TPSA) is 42.0 Å². The first-order valence-corrected chi connectivity index (χ1v) is 9.12. The number of likely N-dealkylation sites (tertiary alicyclic amines) is 1. The van der Waals surface area contributed by atoms with Crippen LogP contribution in [0.2, 0.25) is 0 Å². The van der Waals surface area contributed by atoms with E-state index in [0.717, 1.165) is 30.7 Å². The number of hydrogen-bond acceptors (Lipinski definition) is 4. The molecule has 5 nitrogen and oxygen atoms in total. The molecule has 0 radical (unpaired) electrons. The number of carbonyl (C=O) groups excluding carboxylic acids is 1. The Morgan fingerprint density at radius 2 is 2.16 bits per heavy atom. The molecule has 5 atom stereocenters. The quantitative estimate of drug-likeness (QED) is 0.788. The van der Waals surface area contributed by atoms with E-state index in [0.29, 0.717) is 17.9 Å². The fraction of sp³-hybridized carbons (Fsp3) is 0.550. The van der Waals surface area contributed by atoms with Crippen LogP contribution in [0.1, 0.15) is 25.3 Å². The minimum atomic E-state index is -0.631. The average Bonchev–Trinajstić information content (AvgIpc) is 2.88. The van der Waals surface area contributed by atoms with Crippen molar-refractivity contribution in [1.29, 1.82) is 0 Å². The molecule has 1 saturated carbocycles. The van der Waals surface area contributed by atoms with Gasteiger partial charge < -0.3 is 9.64 Å². The van der Waals surface area contributed by atoms with Crippen molar-refractivity contribution in [3.05, 3.63) is 41.6 Å². The number of hydrogen-bond donors (Lipinski definition) is 0. The van der Waals surface area contributed by atoms with Crippen molar-refractivity contribution in [2.45, 2.75) is 37.3 Å². The van der Waals surface area contributed by atoms with Gasteiger partial charge in [-0.05, 0) is 31.4 Å². The molecule has 0 aromatic heterocycles. The maximum atomic E-state index is 13.5. The molecule has 1 amide bonds. The molecule has 25 heavy (non-hydrogen) atoms. The van der Waals surface area contributed by atoms with Gasteiger partial charge in [0.1, 0.15) is 5.41 Å². The number of fused-ring (bicyclic) bond motifs is 2. The monoisotopic (exact) mass is 340 g/mol. The Bertz CT molecular complexity index is 776. The fourth-order valence-corrected chi connectivity index (χ4v) is 5.91. The van der Waals surface area contributed by atoms with E-state index < -0.39 is 5.41 Å². The number of amides is 1. The Morgan fingerprint density at radius 3 is 2.92 bits per heavy atom. The van der Waals surface area contributed by atoms with Gasteiger partial charge in [0.2, 0.25) is 0 Å². The molecule has 3 saturated heterocycles. The van der Waals surface area contributed by atoms with E-state index in [4.69, 9.17) is 9.57 Å². The lowest BCUT2D eigenvalue weighted by Gasteiger charge is -2.40. The van der Waals surface area contributed by atoms with Gasteiger partial charge >= 0.3 is 0 Å². The Morgan fingerprint density at radius 1 is 1.36 bits per heavy atom. The molecule has 6 rings (SSSR count). The Labute approximate surface area is 148 Å². The van der Waals surface area contributed by atoms with Crippen molar-refractivity contribution in [2.75, 3.05) is 25.8 Å². The van der Waals surface area contributed by atoms with Crippen LogP contribution in [-0.4, -0.2) is 43.7 Å². The van der Waals surface area contributed by atoms with Crippen LogP contribution in [0.3, 0.4) is 0 Å². The van der Waals surface area contributed by atoms with Crippen molar-refractivity contribution < 1.29 is 14.4 Å². The zero-order valence-corrected chi connectivity index (χ0v) is 14.9. The summed E-state index contributed by atoms with van der Waals surface area (Å²) >= 11 is 0. The smallest absolute Gasteiger partial charge is 0.264 e. The zero-order valence-electron chi connectivity index (χ0n) is 14.9. The lowest BCUT2D eigenvalue weighted by Crippen LogP contribution is -2.52. The highest BCUT2D eigenvalue weighted by molar-refractivity contribution is 6.07. The molecule has 4 fully saturated rings. The maximum absolute atomic E-state index is 13.5. The maximum Gasteiger partial charge on any atom is 0.264 e. The highest BCUT2D eigenvalue weighted by atomic mass is 16.7. The predicted octanol–water partition coefficient (Wildman–Crippen LogP) is 2.48. The van der Waals surface area contributed by atoms with Crippen LogP contribution in [0.25, 0.3) is 0 Å². The van der Waals surface area contributed by atoms with Gasteiger partial charge in [0.15, 0.2) is 0 Å². The van der Waals surface area contributed by atoms with Crippen LogP contribution in [-0.2, 0) is 19.8 Å². The van der Waals surface area contributed by atoms with Crippen LogP contribution < -0.4 is 5.06 Å². The molecule has 0 unspecified atom stereocenters. The second-order valence-corrected chi connectivity index (χ2v) is 7.69. The number of allylic oxidation sites excluding steroid dienone is 2. The molecule has 132 valence electrons. The third kappa shape index (κ3) is 1.68. The summed E-state index contributed by atoms with van der Waals surface area (Å²) in [5.41, 5.74) is 2.72. The number of ether oxygens (including phenoxy) is 1. The van der Waals surface area contributed by atoms with Crippen molar-refractivity contribution >= 4 is 11.6 Å². The average molecular weight is 340 g/mol. The number of para-hydroxylation sites is 1. The summed E-state index contributed by atoms with van der Waals surface area (Å²) < 4.78 is 6.32. The predicted molar refractivity (Wildman–Crippen MR) is 93.9 cm³/mol.